The van der Waals surface area contributed by atoms with Crippen molar-refractivity contribution in [2.24, 2.45) is 28.7 Å². The highest BCUT2D eigenvalue weighted by Crippen LogP contribution is 2.39. The van der Waals surface area contributed by atoms with Crippen molar-refractivity contribution in [2.45, 2.75) is 106 Å². The molecule has 0 saturated heterocycles. The molecule has 6 rings (SSSR count). The molecule has 0 bridgehead atoms. The lowest BCUT2D eigenvalue weighted by Crippen LogP contribution is -2.43. The standard InChI is InChI=1S/C48H60N6O5/c1-9-13-18-34(10-2)28-40(55)49-36-21-17-22-38(29-36)53-47(57)51-45-42(46(56)59-43-32(7)25-30(5)26-33(43)8)41(35-19-15-14-16-20-35)44(54(45)48(53)58)50-39-24-23-37(27-31(39)6)52(11-3)12-4/h14-17,19-24,27,29-30,32-34,43H,9-13,18,25-26,28H2,1-8H3,(H,49,55). The van der Waals surface area contributed by atoms with E-state index in [-0.39, 0.29) is 52.7 Å². The van der Waals surface area contributed by atoms with Gasteiger partial charge in [0.15, 0.2) is 11.7 Å². The van der Waals surface area contributed by atoms with Gasteiger partial charge in [-0.15, -0.1) is 0 Å². The maximum atomic E-state index is 15.0. The summed E-state index contributed by atoms with van der Waals surface area (Å²) in [5.41, 5.74) is 2.52. The van der Waals surface area contributed by atoms with Crippen LogP contribution in [-0.2, 0) is 14.3 Å². The summed E-state index contributed by atoms with van der Waals surface area (Å²) in [6, 6.07) is 21.9. The number of anilines is 2. The molecule has 1 fully saturated rings. The van der Waals surface area contributed by atoms with Crippen molar-refractivity contribution in [3.8, 4) is 5.69 Å². The number of rotatable bonds is 15. The molecule has 59 heavy (non-hydrogen) atoms. The van der Waals surface area contributed by atoms with Crippen LogP contribution in [0.3, 0.4) is 0 Å². The highest BCUT2D eigenvalue weighted by atomic mass is 16.5. The number of carbonyl (C=O) groups excluding carboxylic acids is 2. The molecule has 0 radical (unpaired) electrons. The highest BCUT2D eigenvalue weighted by molar-refractivity contribution is 6.43. The van der Waals surface area contributed by atoms with E-state index in [1.54, 1.807) is 24.3 Å². The average Bonchev–Trinajstić information content (AvgIpc) is 3.53. The fourth-order valence-corrected chi connectivity index (χ4v) is 8.97. The molecule has 3 aromatic carbocycles. The van der Waals surface area contributed by atoms with Gasteiger partial charge in [0.05, 0.1) is 11.4 Å². The minimum atomic E-state index is -0.873. The second kappa shape index (κ2) is 19.0. The smallest absolute Gasteiger partial charge is 0.358 e. The van der Waals surface area contributed by atoms with Gasteiger partial charge in [0.25, 0.3) is 0 Å². The van der Waals surface area contributed by atoms with Crippen LogP contribution >= 0.6 is 0 Å². The summed E-state index contributed by atoms with van der Waals surface area (Å²) in [7, 11) is 0. The molecule has 312 valence electrons. The van der Waals surface area contributed by atoms with E-state index >= 15 is 4.79 Å². The van der Waals surface area contributed by atoms with E-state index in [9.17, 15) is 14.4 Å². The van der Waals surface area contributed by atoms with Crippen molar-refractivity contribution >= 4 is 45.9 Å². The van der Waals surface area contributed by atoms with E-state index in [1.165, 1.54) is 4.57 Å². The number of unbranched alkanes of at least 4 members (excludes halogenated alkanes) is 1. The van der Waals surface area contributed by atoms with Crippen molar-refractivity contribution < 1.29 is 14.3 Å². The number of hydrogen-bond donors (Lipinski definition) is 1. The number of aryl methyl sites for hydroxylation is 1. The van der Waals surface area contributed by atoms with Crippen LogP contribution in [-0.4, -0.2) is 51.0 Å². The molecule has 1 saturated carbocycles. The first-order chi connectivity index (χ1) is 28.4. The fraction of sp³-hybridized carbons (Fsp3) is 0.458. The highest BCUT2D eigenvalue weighted by Gasteiger charge is 2.41. The summed E-state index contributed by atoms with van der Waals surface area (Å²) in [5, 5.41) is 2.97. The van der Waals surface area contributed by atoms with Gasteiger partial charge in [-0.25, -0.2) is 28.5 Å². The first-order valence-electron chi connectivity index (χ1n) is 21.5. The molecule has 11 nitrogen and oxygen atoms in total. The number of amides is 1. The molecule has 1 aliphatic heterocycles. The van der Waals surface area contributed by atoms with Crippen molar-refractivity contribution in [1.82, 2.24) is 14.1 Å². The maximum Gasteiger partial charge on any atom is 0.358 e. The van der Waals surface area contributed by atoms with E-state index in [4.69, 9.17) is 9.73 Å². The number of esters is 1. The number of aromatic nitrogens is 3. The van der Waals surface area contributed by atoms with Gasteiger partial charge in [0, 0.05) is 36.5 Å². The molecule has 3 unspecified atom stereocenters. The van der Waals surface area contributed by atoms with Crippen LogP contribution < -0.4 is 21.6 Å². The quantitative estimate of drug-likeness (QED) is 0.119. The zero-order valence-electron chi connectivity index (χ0n) is 36.0. The third-order valence-corrected chi connectivity index (χ3v) is 12.0. The van der Waals surface area contributed by atoms with Crippen LogP contribution in [0, 0.1) is 30.6 Å². The minimum Gasteiger partial charge on any atom is -0.458 e. The first-order valence-corrected chi connectivity index (χ1v) is 21.5. The molecule has 4 aromatic rings. The van der Waals surface area contributed by atoms with E-state index in [1.807, 2.05) is 49.4 Å². The van der Waals surface area contributed by atoms with Crippen LogP contribution in [0.15, 0.2) is 87.4 Å². The van der Waals surface area contributed by atoms with E-state index in [0.717, 1.165) is 67.4 Å². The van der Waals surface area contributed by atoms with Gasteiger partial charge in [-0.1, -0.05) is 90.3 Å². The van der Waals surface area contributed by atoms with Gasteiger partial charge < -0.3 is 15.0 Å². The first kappa shape index (κ1) is 43.0. The van der Waals surface area contributed by atoms with Gasteiger partial charge in [0.2, 0.25) is 5.91 Å². The number of ether oxygens (including phenoxy) is 1. The topological polar surface area (TPSA) is 128 Å². The lowest BCUT2D eigenvalue weighted by molar-refractivity contribution is -0.150. The van der Waals surface area contributed by atoms with Crippen LogP contribution in [0.2, 0.25) is 0 Å². The van der Waals surface area contributed by atoms with Gasteiger partial charge in [0.1, 0.15) is 11.7 Å². The molecule has 1 aliphatic carbocycles. The Morgan fingerprint density at radius 2 is 1.63 bits per heavy atom. The molecule has 11 heteroatoms. The Morgan fingerprint density at radius 3 is 2.27 bits per heavy atom. The molecule has 3 atom stereocenters. The molecular weight excluding hydrogens is 741 g/mol. The normalized spacial score (nSPS) is 20.0. The molecule has 2 aliphatic rings. The Morgan fingerprint density at radius 1 is 0.915 bits per heavy atom. The summed E-state index contributed by atoms with van der Waals surface area (Å²) in [4.78, 5) is 68.9. The molecule has 2 heterocycles. The Balaban J connectivity index is 1.52. The number of nitrogens with zero attached hydrogens (tertiary/aromatic N) is 5. The third-order valence-electron chi connectivity index (χ3n) is 12.0. The monoisotopic (exact) mass is 800 g/mol. The van der Waals surface area contributed by atoms with Crippen molar-refractivity contribution in [2.75, 3.05) is 23.3 Å². The molecule has 0 spiro atoms. The number of aliphatic imine (C=N–C) groups is 1. The maximum absolute atomic E-state index is 15.0. The average molecular weight is 801 g/mol. The lowest BCUT2D eigenvalue weighted by atomic mass is 9.75. The van der Waals surface area contributed by atoms with Crippen LogP contribution in [0.5, 0.6) is 0 Å². The number of nitrogens with one attached hydrogen (secondary N) is 1. The van der Waals surface area contributed by atoms with Gasteiger partial charge in [-0.3, -0.25) is 4.79 Å². The SMILES string of the molecule is CCCCC(CC)CC(=O)Nc1cccc(-n2c(=O)nc3n(c2=O)C(=Nc2ccc(N(CC)CC)cc2C)C(c2ccccc2)=C3C(=O)OC2C(C)CC(C)CC2C)c1. The lowest BCUT2D eigenvalue weighted by Gasteiger charge is -2.37. The fourth-order valence-electron chi connectivity index (χ4n) is 8.97. The Kier molecular flexibility index (Phi) is 13.8. The number of allylic oxidation sites excluding steroid dienone is 1. The molecule has 1 aromatic heterocycles. The van der Waals surface area contributed by atoms with Gasteiger partial charge in [-0.05, 0) is 111 Å². The van der Waals surface area contributed by atoms with Crippen molar-refractivity contribution in [3.63, 3.8) is 0 Å². The summed E-state index contributed by atoms with van der Waals surface area (Å²) in [5.74, 6) is 0.232. The summed E-state index contributed by atoms with van der Waals surface area (Å²) in [6.07, 6.45) is 5.85. The van der Waals surface area contributed by atoms with Crippen LogP contribution in [0.4, 0.5) is 17.1 Å². The Hall–Kier alpha value is -5.58. The second-order valence-corrected chi connectivity index (χ2v) is 16.5. The second-order valence-electron chi connectivity index (χ2n) is 16.5. The van der Waals surface area contributed by atoms with E-state index in [2.05, 4.69) is 69.7 Å². The minimum absolute atomic E-state index is 0.0151. The Labute approximate surface area is 348 Å². The summed E-state index contributed by atoms with van der Waals surface area (Å²) < 4.78 is 8.61. The van der Waals surface area contributed by atoms with Crippen LogP contribution in [0.25, 0.3) is 16.8 Å². The molecule has 1 amide bonds. The van der Waals surface area contributed by atoms with E-state index in [0.29, 0.717) is 34.9 Å². The third kappa shape index (κ3) is 9.34. The predicted molar refractivity (Wildman–Crippen MR) is 238 cm³/mol. The van der Waals surface area contributed by atoms with Gasteiger partial charge >= 0.3 is 17.3 Å². The van der Waals surface area contributed by atoms with E-state index < -0.39 is 17.3 Å². The van der Waals surface area contributed by atoms with Crippen molar-refractivity contribution in [3.05, 3.63) is 111 Å². The summed E-state index contributed by atoms with van der Waals surface area (Å²) >= 11 is 0. The molecule has 1 N–H and O–H groups in total. The number of hydrogen-bond acceptors (Lipinski definition) is 8. The van der Waals surface area contributed by atoms with Crippen molar-refractivity contribution in [1.29, 1.82) is 0 Å². The van der Waals surface area contributed by atoms with Crippen LogP contribution in [0.1, 0.15) is 110 Å². The van der Waals surface area contributed by atoms with Gasteiger partial charge in [-0.2, -0.15) is 4.98 Å². The zero-order chi connectivity index (χ0) is 42.4. The largest absolute Gasteiger partial charge is 0.458 e. The number of fused-ring (bicyclic) bond motifs is 1. The number of carbonyl (C=O) groups is 2. The molecular formula is C48H60N6O5. The summed E-state index contributed by atoms with van der Waals surface area (Å²) in [6.45, 7) is 18.5. The zero-order valence-corrected chi connectivity index (χ0v) is 36.0. The Bertz CT molecular complexity index is 2330. The predicted octanol–water partition coefficient (Wildman–Crippen LogP) is 9.21. The number of benzene rings is 3.